The van der Waals surface area contributed by atoms with Gasteiger partial charge in [-0.1, -0.05) is 53.0 Å². The van der Waals surface area contributed by atoms with E-state index in [2.05, 4.69) is 20.9 Å². The minimum absolute atomic E-state index is 0.122. The predicted octanol–water partition coefficient (Wildman–Crippen LogP) is 6.43. The van der Waals surface area contributed by atoms with Gasteiger partial charge in [-0.3, -0.25) is 0 Å². The van der Waals surface area contributed by atoms with Crippen LogP contribution in [0.15, 0.2) is 50.6 Å². The molecule has 1 aromatic rings. The highest BCUT2D eigenvalue weighted by Gasteiger charge is 2.28. The first-order chi connectivity index (χ1) is 12.5. The number of hydrogen-bond acceptors (Lipinski definition) is 3. The summed E-state index contributed by atoms with van der Waals surface area (Å²) in [5.41, 5.74) is 2.36. The van der Waals surface area contributed by atoms with E-state index >= 15 is 0 Å². The first-order valence-corrected chi connectivity index (χ1v) is 9.88. The zero-order valence-electron chi connectivity index (χ0n) is 13.8. The van der Waals surface area contributed by atoms with Gasteiger partial charge in [-0.15, -0.1) is 0 Å². The molecule has 0 spiro atoms. The van der Waals surface area contributed by atoms with Crippen molar-refractivity contribution in [1.82, 2.24) is 0 Å². The average Bonchev–Trinajstić information content (AvgIpc) is 2.64. The average molecular weight is 476 g/mol. The number of rotatable bonds is 3. The zero-order chi connectivity index (χ0) is 18.8. The Balaban J connectivity index is 2.03. The number of hydrogen-bond donors (Lipinski definition) is 0. The monoisotopic (exact) mass is 473 g/mol. The lowest BCUT2D eigenvalue weighted by molar-refractivity contribution is -0.109. The van der Waals surface area contributed by atoms with Crippen LogP contribution in [-0.2, 0) is 9.53 Å². The molecule has 26 heavy (non-hydrogen) atoms. The van der Waals surface area contributed by atoms with Crippen molar-refractivity contribution in [2.24, 2.45) is 16.8 Å². The second kappa shape index (κ2) is 8.30. The summed E-state index contributed by atoms with van der Waals surface area (Å²) in [6.07, 6.45) is 8.03. The third kappa shape index (κ3) is 3.79. The van der Waals surface area contributed by atoms with Crippen molar-refractivity contribution in [3.63, 3.8) is 0 Å². The van der Waals surface area contributed by atoms with Crippen LogP contribution in [0.2, 0.25) is 10.0 Å². The third-order valence-electron chi connectivity index (χ3n) is 4.37. The Morgan fingerprint density at radius 1 is 1.27 bits per heavy atom. The van der Waals surface area contributed by atoms with Crippen LogP contribution in [-0.4, -0.2) is 19.3 Å². The Kier molecular flexibility index (Phi) is 6.29. The van der Waals surface area contributed by atoms with Crippen LogP contribution < -0.4 is 0 Å². The van der Waals surface area contributed by atoms with Crippen LogP contribution in [0, 0.1) is 11.8 Å². The van der Waals surface area contributed by atoms with Crippen LogP contribution in [0.1, 0.15) is 18.4 Å². The topological polar surface area (TPSA) is 38.7 Å². The van der Waals surface area contributed by atoms with Crippen molar-refractivity contribution in [2.45, 2.75) is 12.8 Å². The molecular formula is C19H15BrCl3NO2. The first-order valence-electron chi connectivity index (χ1n) is 7.95. The van der Waals surface area contributed by atoms with Crippen molar-refractivity contribution in [2.75, 3.05) is 7.11 Å². The Morgan fingerprint density at radius 2 is 2.04 bits per heavy atom. The maximum atomic E-state index is 11.1. The second-order valence-corrected chi connectivity index (χ2v) is 8.04. The van der Waals surface area contributed by atoms with E-state index in [-0.39, 0.29) is 11.8 Å². The number of aliphatic imine (C=N–C) groups is 1. The fourth-order valence-corrected chi connectivity index (χ4v) is 4.44. The Morgan fingerprint density at radius 3 is 2.73 bits per heavy atom. The number of nitrogens with zero attached hydrogens (tertiary/aromatic N) is 1. The summed E-state index contributed by atoms with van der Waals surface area (Å²) >= 11 is 22.8. The smallest absolute Gasteiger partial charge is 0.198 e. The molecule has 7 heteroatoms. The summed E-state index contributed by atoms with van der Waals surface area (Å²) in [6, 6.07) is 3.53. The maximum Gasteiger partial charge on any atom is 0.198 e. The molecule has 2 unspecified atom stereocenters. The fraction of sp³-hybridized carbons (Fsp3) is 0.263. The van der Waals surface area contributed by atoms with Crippen LogP contribution in [0.25, 0.3) is 5.57 Å². The van der Waals surface area contributed by atoms with Crippen LogP contribution in [0.5, 0.6) is 0 Å². The molecule has 3 nitrogen and oxygen atoms in total. The van der Waals surface area contributed by atoms with Gasteiger partial charge in [-0.2, -0.15) is 0 Å². The van der Waals surface area contributed by atoms with Gasteiger partial charge in [0.25, 0.3) is 0 Å². The molecule has 0 radical (unpaired) electrons. The maximum absolute atomic E-state index is 11.1. The minimum Gasteiger partial charge on any atom is -0.484 e. The Hall–Kier alpha value is -1.07. The highest BCUT2D eigenvalue weighted by atomic mass is 79.9. The molecule has 1 aliphatic heterocycles. The lowest BCUT2D eigenvalue weighted by Gasteiger charge is -2.26. The summed E-state index contributed by atoms with van der Waals surface area (Å²) in [5, 5.41) is 1.75. The van der Waals surface area contributed by atoms with E-state index in [1.54, 1.807) is 12.1 Å². The number of carbonyl (C=O) groups excluding carboxylic acids is 1. The molecule has 0 saturated carbocycles. The third-order valence-corrected chi connectivity index (χ3v) is 6.32. The molecule has 0 aromatic heterocycles. The van der Waals surface area contributed by atoms with E-state index < -0.39 is 0 Å². The van der Waals surface area contributed by atoms with E-state index in [9.17, 15) is 4.79 Å². The zero-order valence-corrected chi connectivity index (χ0v) is 17.7. The number of aldehydes is 1. The Labute approximate surface area is 175 Å². The quantitative estimate of drug-likeness (QED) is 0.373. The molecule has 1 aliphatic carbocycles. The highest BCUT2D eigenvalue weighted by Crippen LogP contribution is 2.43. The summed E-state index contributed by atoms with van der Waals surface area (Å²) < 4.78 is 5.98. The van der Waals surface area contributed by atoms with Gasteiger partial charge in [0.05, 0.1) is 18.1 Å². The molecule has 3 rings (SSSR count). The van der Waals surface area contributed by atoms with E-state index in [0.29, 0.717) is 38.3 Å². The number of methoxy groups -OCH3 is 1. The van der Waals surface area contributed by atoms with Gasteiger partial charge in [-0.05, 0) is 46.5 Å². The molecule has 1 heterocycles. The van der Waals surface area contributed by atoms with E-state index in [4.69, 9.17) is 39.5 Å². The molecule has 0 saturated heterocycles. The van der Waals surface area contributed by atoms with Crippen LogP contribution >= 0.6 is 50.7 Å². The van der Waals surface area contributed by atoms with Gasteiger partial charge < -0.3 is 9.53 Å². The minimum atomic E-state index is -0.344. The normalized spacial score (nSPS) is 22.8. The molecule has 0 N–H and O–H groups in total. The van der Waals surface area contributed by atoms with Gasteiger partial charge in [0.1, 0.15) is 6.29 Å². The molecule has 2 aliphatic rings. The number of carbonyl (C=O) groups is 1. The standard InChI is InChI=1S/C19H15BrCl3NO2/c1-26-19-10(9-25)5-6-16(24-19)13-4-2-3-12(17(13)22)14-7-11(21)8-15(20)18(14)23/h2-3,6-10,13H,4-5H2,1H3. The molecule has 1 aromatic carbocycles. The van der Waals surface area contributed by atoms with Crippen molar-refractivity contribution < 1.29 is 9.53 Å². The highest BCUT2D eigenvalue weighted by molar-refractivity contribution is 9.10. The Bertz CT molecular complexity index is 874. The summed E-state index contributed by atoms with van der Waals surface area (Å²) in [7, 11) is 1.52. The van der Waals surface area contributed by atoms with Gasteiger partial charge in [0.15, 0.2) is 5.90 Å². The summed E-state index contributed by atoms with van der Waals surface area (Å²) in [5.74, 6) is -0.0479. The van der Waals surface area contributed by atoms with E-state index in [0.717, 1.165) is 23.1 Å². The summed E-state index contributed by atoms with van der Waals surface area (Å²) in [6.45, 7) is 0. The molecule has 0 fully saturated rings. The fourth-order valence-electron chi connectivity index (χ4n) is 3.05. The molecule has 136 valence electrons. The van der Waals surface area contributed by atoms with E-state index in [1.807, 2.05) is 18.2 Å². The van der Waals surface area contributed by atoms with E-state index in [1.165, 1.54) is 7.11 Å². The summed E-state index contributed by atoms with van der Waals surface area (Å²) in [4.78, 5) is 15.7. The van der Waals surface area contributed by atoms with Gasteiger partial charge in [0, 0.05) is 31.7 Å². The molecule has 0 bridgehead atoms. The number of benzene rings is 1. The predicted molar refractivity (Wildman–Crippen MR) is 111 cm³/mol. The molecular weight excluding hydrogens is 460 g/mol. The van der Waals surface area contributed by atoms with Crippen LogP contribution in [0.4, 0.5) is 0 Å². The number of allylic oxidation sites excluding steroid dienone is 5. The largest absolute Gasteiger partial charge is 0.484 e. The SMILES string of the molecule is COC1=NC(C2CC=CC(c3cc(Cl)cc(Br)c3Cl)=C2Cl)=CCC1C=O. The van der Waals surface area contributed by atoms with Crippen molar-refractivity contribution in [3.05, 3.63) is 61.2 Å². The van der Waals surface area contributed by atoms with Crippen molar-refractivity contribution in [3.8, 4) is 0 Å². The first kappa shape index (κ1) is 19.7. The van der Waals surface area contributed by atoms with Crippen molar-refractivity contribution >= 4 is 68.5 Å². The van der Waals surface area contributed by atoms with Crippen LogP contribution in [0.3, 0.4) is 0 Å². The molecule has 2 atom stereocenters. The number of ether oxygens (including phenoxy) is 1. The van der Waals surface area contributed by atoms with Gasteiger partial charge in [-0.25, -0.2) is 4.99 Å². The molecule has 0 amide bonds. The number of halogens is 4. The van der Waals surface area contributed by atoms with Gasteiger partial charge >= 0.3 is 0 Å². The van der Waals surface area contributed by atoms with Gasteiger partial charge in [0.2, 0.25) is 0 Å². The lowest BCUT2D eigenvalue weighted by atomic mass is 9.88. The second-order valence-electron chi connectivity index (χ2n) is 5.96. The lowest BCUT2D eigenvalue weighted by Crippen LogP contribution is -2.22. The van der Waals surface area contributed by atoms with Crippen molar-refractivity contribution in [1.29, 1.82) is 0 Å².